The van der Waals surface area contributed by atoms with Gasteiger partial charge in [-0.15, -0.1) is 0 Å². The highest BCUT2D eigenvalue weighted by molar-refractivity contribution is 5.35. The van der Waals surface area contributed by atoms with Gasteiger partial charge in [-0.1, -0.05) is 32.0 Å². The molecule has 1 aromatic carbocycles. The predicted octanol–water partition coefficient (Wildman–Crippen LogP) is 3.55. The average molecular weight is 277 g/mol. The van der Waals surface area contributed by atoms with Crippen LogP contribution in [-0.4, -0.2) is 25.9 Å². The number of nitrogens with one attached hydrogen (secondary N) is 1. The lowest BCUT2D eigenvalue weighted by Crippen LogP contribution is -2.41. The normalized spacial score (nSPS) is 24.6. The molecule has 112 valence electrons. The molecule has 1 aliphatic heterocycles. The molecule has 0 spiro atoms. The van der Waals surface area contributed by atoms with Crippen LogP contribution in [0, 0.1) is 5.92 Å². The molecule has 1 fully saturated rings. The van der Waals surface area contributed by atoms with E-state index in [2.05, 4.69) is 38.2 Å². The first-order valence-electron chi connectivity index (χ1n) is 7.62. The van der Waals surface area contributed by atoms with E-state index < -0.39 is 0 Å². The van der Waals surface area contributed by atoms with Gasteiger partial charge < -0.3 is 14.8 Å². The summed E-state index contributed by atoms with van der Waals surface area (Å²) in [6.45, 7) is 7.53. The Morgan fingerprint density at radius 1 is 1.25 bits per heavy atom. The first-order valence-corrected chi connectivity index (χ1v) is 7.62. The fourth-order valence-corrected chi connectivity index (χ4v) is 2.91. The van der Waals surface area contributed by atoms with Gasteiger partial charge in [0.05, 0.1) is 13.2 Å². The molecule has 0 aromatic heterocycles. The van der Waals surface area contributed by atoms with Crippen LogP contribution in [0.1, 0.15) is 45.2 Å². The van der Waals surface area contributed by atoms with Gasteiger partial charge in [-0.2, -0.15) is 0 Å². The zero-order valence-electron chi connectivity index (χ0n) is 13.1. The van der Waals surface area contributed by atoms with Crippen LogP contribution in [-0.2, 0) is 4.74 Å². The van der Waals surface area contributed by atoms with Crippen molar-refractivity contribution < 1.29 is 9.47 Å². The molecule has 2 rings (SSSR count). The minimum atomic E-state index is 0.294. The Hall–Kier alpha value is -1.06. The summed E-state index contributed by atoms with van der Waals surface area (Å²) in [7, 11) is 1.73. The summed E-state index contributed by atoms with van der Waals surface area (Å²) in [5.41, 5.74) is 1.22. The lowest BCUT2D eigenvalue weighted by molar-refractivity contribution is -0.0257. The van der Waals surface area contributed by atoms with Crippen molar-refractivity contribution in [2.45, 2.75) is 51.8 Å². The Morgan fingerprint density at radius 2 is 2.00 bits per heavy atom. The predicted molar refractivity (Wildman–Crippen MR) is 82.1 cm³/mol. The van der Waals surface area contributed by atoms with Crippen molar-refractivity contribution in [3.8, 4) is 5.75 Å². The SMILES string of the molecule is COc1ccccc1C(C)NC1CCOC(C(C)C)C1. The van der Waals surface area contributed by atoms with Gasteiger partial charge in [0.2, 0.25) is 0 Å². The molecule has 1 N–H and O–H groups in total. The number of ether oxygens (including phenoxy) is 2. The van der Waals surface area contributed by atoms with Gasteiger partial charge in [-0.3, -0.25) is 0 Å². The molecule has 3 unspecified atom stereocenters. The van der Waals surface area contributed by atoms with Crippen molar-refractivity contribution >= 4 is 0 Å². The van der Waals surface area contributed by atoms with E-state index in [-0.39, 0.29) is 0 Å². The summed E-state index contributed by atoms with van der Waals surface area (Å²) in [5, 5.41) is 3.73. The summed E-state index contributed by atoms with van der Waals surface area (Å²) >= 11 is 0. The Kier molecular flexibility index (Phi) is 5.44. The second kappa shape index (κ2) is 7.09. The second-order valence-corrected chi connectivity index (χ2v) is 6.00. The number of para-hydroxylation sites is 1. The van der Waals surface area contributed by atoms with Gasteiger partial charge in [0.15, 0.2) is 0 Å². The quantitative estimate of drug-likeness (QED) is 0.893. The maximum absolute atomic E-state index is 5.84. The smallest absolute Gasteiger partial charge is 0.123 e. The van der Waals surface area contributed by atoms with Crippen LogP contribution in [0.25, 0.3) is 0 Å². The molecule has 0 radical (unpaired) electrons. The van der Waals surface area contributed by atoms with Crippen molar-refractivity contribution in [3.05, 3.63) is 29.8 Å². The van der Waals surface area contributed by atoms with Crippen LogP contribution in [0.2, 0.25) is 0 Å². The fraction of sp³-hybridized carbons (Fsp3) is 0.647. The molecule has 20 heavy (non-hydrogen) atoms. The first-order chi connectivity index (χ1) is 9.61. The third-order valence-corrected chi connectivity index (χ3v) is 4.15. The molecule has 1 saturated heterocycles. The van der Waals surface area contributed by atoms with E-state index in [1.807, 2.05) is 12.1 Å². The summed E-state index contributed by atoms with van der Waals surface area (Å²) in [6.07, 6.45) is 2.56. The minimum absolute atomic E-state index is 0.294. The molecule has 1 aliphatic rings. The van der Waals surface area contributed by atoms with E-state index in [1.54, 1.807) is 7.11 Å². The minimum Gasteiger partial charge on any atom is -0.496 e. The van der Waals surface area contributed by atoms with Crippen molar-refractivity contribution in [1.82, 2.24) is 5.32 Å². The highest BCUT2D eigenvalue weighted by Gasteiger charge is 2.26. The van der Waals surface area contributed by atoms with Gasteiger partial charge in [0, 0.05) is 24.3 Å². The summed E-state index contributed by atoms with van der Waals surface area (Å²) in [6, 6.07) is 9.05. The standard InChI is InChI=1S/C17H27NO2/c1-12(2)17-11-14(9-10-20-17)18-13(3)15-7-5-6-8-16(15)19-4/h5-8,12-14,17-18H,9-11H2,1-4H3. The molecule has 1 aromatic rings. The lowest BCUT2D eigenvalue weighted by Gasteiger charge is -2.34. The molecule has 3 heteroatoms. The number of hydrogen-bond donors (Lipinski definition) is 1. The second-order valence-electron chi connectivity index (χ2n) is 6.00. The molecule has 0 amide bonds. The Bertz CT molecular complexity index is 419. The van der Waals surface area contributed by atoms with Crippen LogP contribution in [0.3, 0.4) is 0 Å². The van der Waals surface area contributed by atoms with Crippen LogP contribution in [0.15, 0.2) is 24.3 Å². The third-order valence-electron chi connectivity index (χ3n) is 4.15. The highest BCUT2D eigenvalue weighted by Crippen LogP contribution is 2.27. The molecular formula is C17H27NO2. The van der Waals surface area contributed by atoms with Gasteiger partial charge in [-0.25, -0.2) is 0 Å². The number of methoxy groups -OCH3 is 1. The van der Waals surface area contributed by atoms with E-state index in [1.165, 1.54) is 5.56 Å². The van der Waals surface area contributed by atoms with Gasteiger partial charge in [0.25, 0.3) is 0 Å². The van der Waals surface area contributed by atoms with Gasteiger partial charge in [-0.05, 0) is 31.7 Å². The van der Waals surface area contributed by atoms with Crippen molar-refractivity contribution in [2.24, 2.45) is 5.92 Å². The van der Waals surface area contributed by atoms with E-state index in [0.717, 1.165) is 25.2 Å². The van der Waals surface area contributed by atoms with Crippen LogP contribution in [0.4, 0.5) is 0 Å². The van der Waals surface area contributed by atoms with E-state index in [9.17, 15) is 0 Å². The number of hydrogen-bond acceptors (Lipinski definition) is 3. The van der Waals surface area contributed by atoms with Crippen LogP contribution in [0.5, 0.6) is 5.75 Å². The topological polar surface area (TPSA) is 30.5 Å². The molecule has 0 bridgehead atoms. The van der Waals surface area contributed by atoms with Crippen molar-refractivity contribution in [3.63, 3.8) is 0 Å². The van der Waals surface area contributed by atoms with E-state index >= 15 is 0 Å². The molecule has 0 saturated carbocycles. The van der Waals surface area contributed by atoms with Crippen LogP contribution >= 0.6 is 0 Å². The zero-order chi connectivity index (χ0) is 14.5. The largest absolute Gasteiger partial charge is 0.496 e. The van der Waals surface area contributed by atoms with E-state index in [4.69, 9.17) is 9.47 Å². The maximum atomic E-state index is 5.84. The van der Waals surface area contributed by atoms with Gasteiger partial charge >= 0.3 is 0 Å². The molecule has 3 atom stereocenters. The summed E-state index contributed by atoms with van der Waals surface area (Å²) < 4.78 is 11.3. The maximum Gasteiger partial charge on any atom is 0.123 e. The van der Waals surface area contributed by atoms with E-state index in [0.29, 0.717) is 24.1 Å². The molecule has 1 heterocycles. The van der Waals surface area contributed by atoms with Crippen molar-refractivity contribution in [1.29, 1.82) is 0 Å². The Morgan fingerprint density at radius 3 is 2.70 bits per heavy atom. The Balaban J connectivity index is 1.98. The average Bonchev–Trinajstić information content (AvgIpc) is 2.47. The van der Waals surface area contributed by atoms with Crippen molar-refractivity contribution in [2.75, 3.05) is 13.7 Å². The highest BCUT2D eigenvalue weighted by atomic mass is 16.5. The third kappa shape index (κ3) is 3.74. The summed E-state index contributed by atoms with van der Waals surface area (Å²) in [4.78, 5) is 0. The fourth-order valence-electron chi connectivity index (χ4n) is 2.91. The number of rotatable bonds is 5. The monoisotopic (exact) mass is 277 g/mol. The first kappa shape index (κ1) is 15.3. The summed E-state index contributed by atoms with van der Waals surface area (Å²) in [5.74, 6) is 1.54. The van der Waals surface area contributed by atoms with Gasteiger partial charge in [0.1, 0.15) is 5.75 Å². The zero-order valence-corrected chi connectivity index (χ0v) is 13.1. The number of benzene rings is 1. The Labute approximate surface area is 122 Å². The molecule has 0 aliphatic carbocycles. The molecule has 3 nitrogen and oxygen atoms in total. The van der Waals surface area contributed by atoms with Crippen LogP contribution < -0.4 is 10.1 Å². The lowest BCUT2D eigenvalue weighted by atomic mass is 9.94. The molecular weight excluding hydrogens is 250 g/mol.